The number of aryl methyl sites for hydroxylation is 1. The third-order valence-corrected chi connectivity index (χ3v) is 3.26. The molecular weight excluding hydrogens is 230 g/mol. The van der Waals surface area contributed by atoms with Crippen LogP contribution in [0.5, 0.6) is 5.75 Å². The topological polar surface area (TPSA) is 49.8 Å². The van der Waals surface area contributed by atoms with Crippen molar-refractivity contribution in [2.24, 2.45) is 0 Å². The third kappa shape index (κ3) is 2.64. The Morgan fingerprint density at radius 2 is 2.33 bits per heavy atom. The molecule has 4 heteroatoms. The van der Waals surface area contributed by atoms with Gasteiger partial charge in [0.2, 0.25) is 0 Å². The Hall–Kier alpha value is -1.55. The molecule has 98 valence electrons. The van der Waals surface area contributed by atoms with Crippen molar-refractivity contribution < 1.29 is 14.6 Å². The molecule has 4 nitrogen and oxygen atoms in total. The molecule has 1 aliphatic rings. The number of amides is 1. The average molecular weight is 249 g/mol. The molecule has 0 spiro atoms. The lowest BCUT2D eigenvalue weighted by molar-refractivity contribution is -0.0227. The van der Waals surface area contributed by atoms with E-state index < -0.39 is 0 Å². The first-order chi connectivity index (χ1) is 8.61. The van der Waals surface area contributed by atoms with Gasteiger partial charge >= 0.3 is 0 Å². The van der Waals surface area contributed by atoms with Gasteiger partial charge in [0.25, 0.3) is 5.91 Å². The molecule has 18 heavy (non-hydrogen) atoms. The maximum Gasteiger partial charge on any atom is 0.257 e. The van der Waals surface area contributed by atoms with Gasteiger partial charge in [-0.05, 0) is 31.0 Å². The lowest BCUT2D eigenvalue weighted by atomic mass is 10.1. The van der Waals surface area contributed by atoms with Crippen LogP contribution in [0, 0.1) is 6.92 Å². The number of carbonyl (C=O) groups is 1. The Balaban J connectivity index is 2.15. The minimum atomic E-state index is -0.116. The van der Waals surface area contributed by atoms with Crippen molar-refractivity contribution in [2.75, 3.05) is 19.7 Å². The maximum absolute atomic E-state index is 12.3. The quantitative estimate of drug-likeness (QED) is 0.871. The van der Waals surface area contributed by atoms with Gasteiger partial charge in [-0.15, -0.1) is 0 Å². The standard InChI is InChI=1S/C14H19NO3/c1-3-11-9-15(6-7-18-11)14(17)12-5-4-10(2)8-13(12)16/h4-5,8,11,16H,3,6-7,9H2,1-2H3. The fourth-order valence-corrected chi connectivity index (χ4v) is 2.14. The Morgan fingerprint density at radius 3 is 3.00 bits per heavy atom. The Morgan fingerprint density at radius 1 is 1.56 bits per heavy atom. The number of benzene rings is 1. The van der Waals surface area contributed by atoms with Crippen molar-refractivity contribution in [3.63, 3.8) is 0 Å². The van der Waals surface area contributed by atoms with Crippen molar-refractivity contribution in [2.45, 2.75) is 26.4 Å². The van der Waals surface area contributed by atoms with Crippen molar-refractivity contribution in [3.8, 4) is 5.75 Å². The summed E-state index contributed by atoms with van der Waals surface area (Å²) in [7, 11) is 0. The van der Waals surface area contributed by atoms with Crippen LogP contribution in [-0.4, -0.2) is 41.7 Å². The van der Waals surface area contributed by atoms with E-state index in [9.17, 15) is 9.90 Å². The zero-order chi connectivity index (χ0) is 13.1. The normalized spacial score (nSPS) is 19.9. The van der Waals surface area contributed by atoms with Gasteiger partial charge in [-0.1, -0.05) is 13.0 Å². The summed E-state index contributed by atoms with van der Waals surface area (Å²) in [6.45, 7) is 5.68. The first-order valence-electron chi connectivity index (χ1n) is 6.32. The molecule has 1 amide bonds. The van der Waals surface area contributed by atoms with Gasteiger partial charge in [-0.25, -0.2) is 0 Å². The molecule has 2 rings (SSSR count). The second-order valence-electron chi connectivity index (χ2n) is 4.67. The molecule has 1 aliphatic heterocycles. The van der Waals surface area contributed by atoms with E-state index in [4.69, 9.17) is 4.74 Å². The second kappa shape index (κ2) is 5.40. The van der Waals surface area contributed by atoms with Crippen LogP contribution in [0.3, 0.4) is 0 Å². The second-order valence-corrected chi connectivity index (χ2v) is 4.67. The monoisotopic (exact) mass is 249 g/mol. The fourth-order valence-electron chi connectivity index (χ4n) is 2.14. The summed E-state index contributed by atoms with van der Waals surface area (Å²) in [5.41, 5.74) is 1.31. The predicted molar refractivity (Wildman–Crippen MR) is 68.8 cm³/mol. The number of ether oxygens (including phenoxy) is 1. The Labute approximate surface area is 107 Å². The number of hydrogen-bond donors (Lipinski definition) is 1. The summed E-state index contributed by atoms with van der Waals surface area (Å²) in [4.78, 5) is 14.1. The van der Waals surface area contributed by atoms with E-state index in [-0.39, 0.29) is 17.8 Å². The zero-order valence-corrected chi connectivity index (χ0v) is 10.8. The van der Waals surface area contributed by atoms with Crippen molar-refractivity contribution >= 4 is 5.91 Å². The van der Waals surface area contributed by atoms with Crippen molar-refractivity contribution in [3.05, 3.63) is 29.3 Å². The number of rotatable bonds is 2. The molecule has 0 saturated carbocycles. The highest BCUT2D eigenvalue weighted by atomic mass is 16.5. The molecule has 1 aromatic rings. The van der Waals surface area contributed by atoms with E-state index >= 15 is 0 Å². The first kappa shape index (κ1) is 12.9. The van der Waals surface area contributed by atoms with Gasteiger partial charge in [-0.3, -0.25) is 4.79 Å². The minimum absolute atomic E-state index is 0.0551. The van der Waals surface area contributed by atoms with E-state index in [1.54, 1.807) is 17.0 Å². The molecule has 0 aliphatic carbocycles. The summed E-state index contributed by atoms with van der Waals surface area (Å²) in [5.74, 6) is -0.0613. The largest absolute Gasteiger partial charge is 0.507 e. The van der Waals surface area contributed by atoms with Gasteiger partial charge < -0.3 is 14.7 Å². The van der Waals surface area contributed by atoms with Crippen LogP contribution in [0.1, 0.15) is 29.3 Å². The summed E-state index contributed by atoms with van der Waals surface area (Å²) < 4.78 is 5.54. The van der Waals surface area contributed by atoms with E-state index in [0.717, 1.165) is 12.0 Å². The highest BCUT2D eigenvalue weighted by molar-refractivity contribution is 5.97. The molecule has 0 aromatic heterocycles. The van der Waals surface area contributed by atoms with Gasteiger partial charge in [0.05, 0.1) is 18.3 Å². The van der Waals surface area contributed by atoms with Crippen molar-refractivity contribution in [1.82, 2.24) is 4.90 Å². The van der Waals surface area contributed by atoms with Crippen LogP contribution in [-0.2, 0) is 4.74 Å². The first-order valence-corrected chi connectivity index (χ1v) is 6.32. The van der Waals surface area contributed by atoms with E-state index in [1.807, 2.05) is 19.9 Å². The molecule has 1 heterocycles. The van der Waals surface area contributed by atoms with E-state index in [0.29, 0.717) is 25.3 Å². The van der Waals surface area contributed by atoms with Gasteiger partial charge in [-0.2, -0.15) is 0 Å². The van der Waals surface area contributed by atoms with Crippen LogP contribution >= 0.6 is 0 Å². The minimum Gasteiger partial charge on any atom is -0.507 e. The molecule has 0 radical (unpaired) electrons. The molecular formula is C14H19NO3. The van der Waals surface area contributed by atoms with Crippen LogP contribution in [0.25, 0.3) is 0 Å². The Kier molecular flexibility index (Phi) is 3.87. The number of nitrogens with zero attached hydrogens (tertiary/aromatic N) is 1. The highest BCUT2D eigenvalue weighted by Crippen LogP contribution is 2.21. The van der Waals surface area contributed by atoms with Gasteiger partial charge in [0, 0.05) is 13.1 Å². The van der Waals surface area contributed by atoms with Crippen LogP contribution < -0.4 is 0 Å². The zero-order valence-electron chi connectivity index (χ0n) is 10.8. The van der Waals surface area contributed by atoms with Crippen LogP contribution in [0.2, 0.25) is 0 Å². The Bertz CT molecular complexity index is 445. The van der Waals surface area contributed by atoms with Gasteiger partial charge in [0.15, 0.2) is 0 Å². The lowest BCUT2D eigenvalue weighted by Gasteiger charge is -2.32. The maximum atomic E-state index is 12.3. The summed E-state index contributed by atoms with van der Waals surface area (Å²) in [6.07, 6.45) is 0.999. The smallest absolute Gasteiger partial charge is 0.257 e. The number of hydrogen-bond acceptors (Lipinski definition) is 3. The molecule has 1 atom stereocenters. The van der Waals surface area contributed by atoms with Crippen LogP contribution in [0.4, 0.5) is 0 Å². The summed E-state index contributed by atoms with van der Waals surface area (Å²) in [6, 6.07) is 5.14. The van der Waals surface area contributed by atoms with E-state index in [1.165, 1.54) is 0 Å². The summed E-state index contributed by atoms with van der Waals surface area (Å²) >= 11 is 0. The molecule has 1 N–H and O–H groups in total. The predicted octanol–water partition coefficient (Wildman–Crippen LogP) is 1.95. The fraction of sp³-hybridized carbons (Fsp3) is 0.500. The van der Waals surface area contributed by atoms with Crippen LogP contribution in [0.15, 0.2) is 18.2 Å². The third-order valence-electron chi connectivity index (χ3n) is 3.26. The number of aromatic hydroxyl groups is 1. The number of carbonyl (C=O) groups excluding carboxylic acids is 1. The molecule has 0 bridgehead atoms. The number of phenols is 1. The SMILES string of the molecule is CCC1CN(C(=O)c2ccc(C)cc2O)CCO1. The van der Waals surface area contributed by atoms with Crippen molar-refractivity contribution in [1.29, 1.82) is 0 Å². The lowest BCUT2D eigenvalue weighted by Crippen LogP contribution is -2.45. The molecule has 1 unspecified atom stereocenters. The molecule has 1 fully saturated rings. The number of morpholine rings is 1. The average Bonchev–Trinajstić information content (AvgIpc) is 2.38. The molecule has 1 saturated heterocycles. The van der Waals surface area contributed by atoms with E-state index in [2.05, 4.69) is 0 Å². The molecule has 1 aromatic carbocycles. The highest BCUT2D eigenvalue weighted by Gasteiger charge is 2.25. The number of phenolic OH excluding ortho intramolecular Hbond substituents is 1. The van der Waals surface area contributed by atoms with Gasteiger partial charge in [0.1, 0.15) is 5.75 Å². The summed E-state index contributed by atoms with van der Waals surface area (Å²) in [5, 5.41) is 9.84.